The number of rotatable bonds is 5. The Hall–Kier alpha value is -3.22. The minimum absolute atomic E-state index is 0.0794. The van der Waals surface area contributed by atoms with Gasteiger partial charge in [-0.15, -0.1) is 0 Å². The quantitative estimate of drug-likeness (QED) is 0.649. The van der Waals surface area contributed by atoms with Crippen molar-refractivity contribution in [2.24, 2.45) is 0 Å². The molecular formula is C15H12N2O5. The molecule has 0 aliphatic rings. The highest BCUT2D eigenvalue weighted by Gasteiger charge is 2.29. The average Bonchev–Trinajstić information content (AvgIpc) is 2.53. The number of carbonyl (C=O) groups excluding carboxylic acids is 1. The van der Waals surface area contributed by atoms with Crippen LogP contribution in [0.3, 0.4) is 0 Å². The molecule has 1 atom stereocenters. The highest BCUT2D eigenvalue weighted by Crippen LogP contribution is 2.25. The van der Waals surface area contributed by atoms with Crippen molar-refractivity contribution in [3.8, 4) is 0 Å². The maximum atomic E-state index is 12.1. The molecule has 0 aliphatic carbocycles. The van der Waals surface area contributed by atoms with Gasteiger partial charge in [-0.2, -0.15) is 0 Å². The van der Waals surface area contributed by atoms with Crippen molar-refractivity contribution in [2.45, 2.75) is 6.04 Å². The lowest BCUT2D eigenvalue weighted by molar-refractivity contribution is -0.385. The highest BCUT2D eigenvalue weighted by molar-refractivity contribution is 5.97. The molecule has 0 aromatic heterocycles. The summed E-state index contributed by atoms with van der Waals surface area (Å²) in [6.45, 7) is 0. The number of carboxylic acids is 1. The summed E-state index contributed by atoms with van der Waals surface area (Å²) in [4.78, 5) is 33.8. The van der Waals surface area contributed by atoms with E-state index in [1.54, 1.807) is 18.2 Å². The first kappa shape index (κ1) is 15.2. The topological polar surface area (TPSA) is 110 Å². The number of amides is 1. The lowest BCUT2D eigenvalue weighted by Gasteiger charge is -2.15. The zero-order valence-electron chi connectivity index (χ0n) is 11.3. The largest absolute Gasteiger partial charge is 0.479 e. The van der Waals surface area contributed by atoms with Crippen LogP contribution in [-0.4, -0.2) is 21.9 Å². The van der Waals surface area contributed by atoms with Gasteiger partial charge in [0.15, 0.2) is 6.04 Å². The number of nitrogens with zero attached hydrogens (tertiary/aromatic N) is 1. The molecule has 0 saturated carbocycles. The Bertz CT molecular complexity index is 715. The van der Waals surface area contributed by atoms with Crippen molar-refractivity contribution in [2.75, 3.05) is 0 Å². The van der Waals surface area contributed by atoms with Crippen LogP contribution in [0, 0.1) is 10.1 Å². The van der Waals surface area contributed by atoms with Gasteiger partial charge < -0.3 is 10.4 Å². The number of para-hydroxylation sites is 1. The van der Waals surface area contributed by atoms with Gasteiger partial charge in [0.2, 0.25) is 0 Å². The number of nitro benzene ring substituents is 1. The number of hydrogen-bond acceptors (Lipinski definition) is 4. The number of nitrogens with one attached hydrogen (secondary N) is 1. The average molecular weight is 300 g/mol. The van der Waals surface area contributed by atoms with Crippen molar-refractivity contribution in [1.29, 1.82) is 0 Å². The van der Waals surface area contributed by atoms with E-state index in [9.17, 15) is 24.8 Å². The van der Waals surface area contributed by atoms with Crippen LogP contribution in [0.25, 0.3) is 0 Å². The van der Waals surface area contributed by atoms with Crippen LogP contribution in [0.2, 0.25) is 0 Å². The molecule has 22 heavy (non-hydrogen) atoms. The monoisotopic (exact) mass is 300 g/mol. The molecule has 2 rings (SSSR count). The summed E-state index contributed by atoms with van der Waals surface area (Å²) >= 11 is 0. The van der Waals surface area contributed by atoms with E-state index in [0.717, 1.165) is 0 Å². The third kappa shape index (κ3) is 3.26. The van der Waals surface area contributed by atoms with E-state index in [2.05, 4.69) is 5.32 Å². The SMILES string of the molecule is O=C(NC(C(=O)O)c1ccccc1[N+](=O)[O-])c1ccccc1. The van der Waals surface area contributed by atoms with Gasteiger partial charge in [-0.05, 0) is 18.2 Å². The molecule has 1 unspecified atom stereocenters. The Kier molecular flexibility index (Phi) is 4.47. The van der Waals surface area contributed by atoms with E-state index in [1.807, 2.05) is 0 Å². The van der Waals surface area contributed by atoms with Crippen LogP contribution in [0.15, 0.2) is 54.6 Å². The van der Waals surface area contributed by atoms with Gasteiger partial charge in [-0.25, -0.2) is 4.79 Å². The van der Waals surface area contributed by atoms with E-state index in [1.165, 1.54) is 36.4 Å². The summed E-state index contributed by atoms with van der Waals surface area (Å²) in [5, 5.41) is 22.6. The maximum absolute atomic E-state index is 12.1. The summed E-state index contributed by atoms with van der Waals surface area (Å²) < 4.78 is 0. The summed E-state index contributed by atoms with van der Waals surface area (Å²) in [6, 6.07) is 11.9. The van der Waals surface area contributed by atoms with Crippen molar-refractivity contribution in [3.05, 3.63) is 75.8 Å². The molecule has 0 heterocycles. The Morgan fingerprint density at radius 1 is 1.05 bits per heavy atom. The van der Waals surface area contributed by atoms with Crippen molar-refractivity contribution < 1.29 is 19.6 Å². The first-order valence-corrected chi connectivity index (χ1v) is 6.32. The minimum atomic E-state index is -1.51. The molecule has 2 N–H and O–H groups in total. The zero-order chi connectivity index (χ0) is 16.1. The second-order valence-electron chi connectivity index (χ2n) is 4.43. The highest BCUT2D eigenvalue weighted by atomic mass is 16.6. The van der Waals surface area contributed by atoms with Gasteiger partial charge in [0.05, 0.1) is 10.5 Å². The van der Waals surface area contributed by atoms with Crippen LogP contribution in [0.5, 0.6) is 0 Å². The predicted molar refractivity (Wildman–Crippen MR) is 77.4 cm³/mol. The van der Waals surface area contributed by atoms with Crippen LogP contribution >= 0.6 is 0 Å². The molecule has 2 aromatic rings. The fourth-order valence-corrected chi connectivity index (χ4v) is 1.97. The fraction of sp³-hybridized carbons (Fsp3) is 0.0667. The number of carboxylic acid groups (broad SMARTS) is 1. The van der Waals surface area contributed by atoms with Gasteiger partial charge in [0, 0.05) is 11.6 Å². The molecule has 0 fully saturated rings. The van der Waals surface area contributed by atoms with Crippen molar-refractivity contribution >= 4 is 17.6 Å². The molecule has 0 bridgehead atoms. The second kappa shape index (κ2) is 6.49. The number of aliphatic carboxylic acids is 1. The van der Waals surface area contributed by atoms with Gasteiger partial charge >= 0.3 is 5.97 Å². The van der Waals surface area contributed by atoms with Crippen LogP contribution in [0.1, 0.15) is 22.0 Å². The molecule has 0 spiro atoms. The van der Waals surface area contributed by atoms with Crippen LogP contribution in [-0.2, 0) is 4.79 Å². The standard InChI is InChI=1S/C15H12N2O5/c18-14(10-6-2-1-3-7-10)16-13(15(19)20)11-8-4-5-9-12(11)17(21)22/h1-9,13H,(H,16,18)(H,19,20). The summed E-state index contributed by atoms with van der Waals surface area (Å²) in [7, 11) is 0. The fourth-order valence-electron chi connectivity index (χ4n) is 1.97. The predicted octanol–water partition coefficient (Wildman–Crippen LogP) is 2.15. The maximum Gasteiger partial charge on any atom is 0.331 e. The van der Waals surface area contributed by atoms with Gasteiger partial charge in [-0.1, -0.05) is 30.3 Å². The van der Waals surface area contributed by atoms with Crippen molar-refractivity contribution in [1.82, 2.24) is 5.32 Å². The summed E-state index contributed by atoms with van der Waals surface area (Å²) in [6.07, 6.45) is 0. The van der Waals surface area contributed by atoms with Gasteiger partial charge in [0.25, 0.3) is 11.6 Å². The molecule has 7 heteroatoms. The molecule has 7 nitrogen and oxygen atoms in total. The Morgan fingerprint density at radius 2 is 1.64 bits per heavy atom. The van der Waals surface area contributed by atoms with Crippen LogP contribution < -0.4 is 5.32 Å². The molecule has 112 valence electrons. The zero-order valence-corrected chi connectivity index (χ0v) is 11.3. The Labute approximate surface area is 125 Å². The smallest absolute Gasteiger partial charge is 0.331 e. The molecule has 1 amide bonds. The van der Waals surface area contributed by atoms with E-state index in [4.69, 9.17) is 0 Å². The van der Waals surface area contributed by atoms with E-state index >= 15 is 0 Å². The normalized spacial score (nSPS) is 11.5. The molecule has 2 aromatic carbocycles. The van der Waals surface area contributed by atoms with Gasteiger partial charge in [-0.3, -0.25) is 14.9 Å². The lowest BCUT2D eigenvalue weighted by atomic mass is 10.0. The van der Waals surface area contributed by atoms with Gasteiger partial charge in [0.1, 0.15) is 0 Å². The number of carbonyl (C=O) groups is 2. The Morgan fingerprint density at radius 3 is 2.23 bits per heavy atom. The molecule has 0 aliphatic heterocycles. The van der Waals surface area contributed by atoms with E-state index < -0.39 is 22.8 Å². The van der Waals surface area contributed by atoms with Crippen LogP contribution in [0.4, 0.5) is 5.69 Å². The molecule has 0 radical (unpaired) electrons. The lowest BCUT2D eigenvalue weighted by Crippen LogP contribution is -2.34. The molecule has 0 saturated heterocycles. The number of hydrogen-bond donors (Lipinski definition) is 2. The Balaban J connectivity index is 2.34. The first-order valence-electron chi connectivity index (χ1n) is 6.32. The first-order chi connectivity index (χ1) is 10.5. The minimum Gasteiger partial charge on any atom is -0.479 e. The van der Waals surface area contributed by atoms with Crippen molar-refractivity contribution in [3.63, 3.8) is 0 Å². The third-order valence-electron chi connectivity index (χ3n) is 3.00. The number of benzene rings is 2. The third-order valence-corrected chi connectivity index (χ3v) is 3.00. The van der Waals surface area contributed by atoms with E-state index in [-0.39, 0.29) is 16.8 Å². The second-order valence-corrected chi connectivity index (χ2v) is 4.43. The summed E-state index contributed by atoms with van der Waals surface area (Å²) in [5.41, 5.74) is -0.167. The molecular weight excluding hydrogens is 288 g/mol. The number of nitro groups is 1. The summed E-state index contributed by atoms with van der Waals surface area (Å²) in [5.74, 6) is -2.00. The van der Waals surface area contributed by atoms with E-state index in [0.29, 0.717) is 0 Å².